The van der Waals surface area contributed by atoms with Gasteiger partial charge in [-0.05, 0) is 50.9 Å². The number of nitrogens with one attached hydrogen (secondary N) is 1. The van der Waals surface area contributed by atoms with Gasteiger partial charge in [-0.2, -0.15) is 0 Å². The highest BCUT2D eigenvalue weighted by Crippen LogP contribution is 2.24. The van der Waals surface area contributed by atoms with Crippen molar-refractivity contribution < 1.29 is 4.79 Å². The van der Waals surface area contributed by atoms with Crippen LogP contribution in [0.1, 0.15) is 43.0 Å². The van der Waals surface area contributed by atoms with Crippen LogP contribution in [-0.4, -0.2) is 49.6 Å². The lowest BCUT2D eigenvalue weighted by molar-refractivity contribution is 0.0906. The second-order valence-corrected chi connectivity index (χ2v) is 6.42. The van der Waals surface area contributed by atoms with Crippen LogP contribution in [0.4, 0.5) is 5.69 Å². The Morgan fingerprint density at radius 1 is 1.18 bits per heavy atom. The minimum absolute atomic E-state index is 0.0884. The first kappa shape index (κ1) is 15.3. The van der Waals surface area contributed by atoms with Gasteiger partial charge in [-0.1, -0.05) is 19.1 Å². The third-order valence-corrected chi connectivity index (χ3v) is 4.88. The molecule has 4 heteroatoms. The second kappa shape index (κ2) is 7.14. The Labute approximate surface area is 133 Å². The monoisotopic (exact) mass is 301 g/mol. The highest BCUT2D eigenvalue weighted by molar-refractivity contribution is 6.00. The van der Waals surface area contributed by atoms with E-state index in [9.17, 15) is 4.79 Å². The quantitative estimate of drug-likeness (QED) is 0.928. The van der Waals surface area contributed by atoms with E-state index >= 15 is 0 Å². The molecule has 1 aromatic rings. The van der Waals surface area contributed by atoms with E-state index in [0.29, 0.717) is 0 Å². The van der Waals surface area contributed by atoms with Crippen LogP contribution in [0, 0.1) is 0 Å². The van der Waals surface area contributed by atoms with Gasteiger partial charge in [0.15, 0.2) is 0 Å². The molecule has 0 aromatic heterocycles. The number of amides is 1. The summed E-state index contributed by atoms with van der Waals surface area (Å²) in [6.45, 7) is 7.53. The first-order valence-electron chi connectivity index (χ1n) is 8.65. The summed E-state index contributed by atoms with van der Waals surface area (Å²) in [5, 5.41) is 3.26. The number of piperidine rings is 1. The molecule has 0 bridgehead atoms. The molecule has 0 saturated carbocycles. The molecule has 0 radical (unpaired) electrons. The maximum atomic E-state index is 12.7. The fourth-order valence-electron chi connectivity index (χ4n) is 3.62. The molecule has 1 amide bonds. The van der Waals surface area contributed by atoms with E-state index in [-0.39, 0.29) is 11.9 Å². The Balaban J connectivity index is 1.69. The molecule has 2 heterocycles. The molecule has 1 N–H and O–H groups in total. The number of hydrogen-bond donors (Lipinski definition) is 1. The summed E-state index contributed by atoms with van der Waals surface area (Å²) in [4.78, 5) is 17.5. The molecule has 1 atom stereocenters. The average Bonchev–Trinajstić information content (AvgIpc) is 3.09. The molecule has 2 aliphatic rings. The number of anilines is 1. The molecule has 1 aromatic carbocycles. The van der Waals surface area contributed by atoms with E-state index < -0.39 is 0 Å². The Bertz CT molecular complexity index is 511. The number of carbonyl (C=O) groups is 1. The van der Waals surface area contributed by atoms with Gasteiger partial charge in [0.25, 0.3) is 5.91 Å². The van der Waals surface area contributed by atoms with Gasteiger partial charge in [-0.3, -0.25) is 4.79 Å². The number of likely N-dealkylation sites (tertiary alicyclic amines) is 1. The fraction of sp³-hybridized carbons (Fsp3) is 0.611. The number of rotatable bonds is 4. The van der Waals surface area contributed by atoms with Crippen molar-refractivity contribution in [3.63, 3.8) is 0 Å². The first-order valence-corrected chi connectivity index (χ1v) is 8.65. The van der Waals surface area contributed by atoms with Gasteiger partial charge >= 0.3 is 0 Å². The number of para-hydroxylation sites is 1. The van der Waals surface area contributed by atoms with Crippen molar-refractivity contribution in [2.45, 2.75) is 38.6 Å². The van der Waals surface area contributed by atoms with E-state index in [1.165, 1.54) is 19.3 Å². The molecule has 120 valence electrons. The SMILES string of the molecule is CCN1CCC[C@H](NC(=O)c2ccccc2N2CCCC2)C1. The van der Waals surface area contributed by atoms with E-state index in [4.69, 9.17) is 0 Å². The lowest BCUT2D eigenvalue weighted by Gasteiger charge is -2.32. The molecular formula is C18H27N3O. The molecule has 22 heavy (non-hydrogen) atoms. The molecule has 2 saturated heterocycles. The zero-order valence-corrected chi connectivity index (χ0v) is 13.6. The standard InChI is InChI=1S/C18H27N3O/c1-2-20-11-7-8-15(14-20)19-18(22)16-9-3-4-10-17(16)21-12-5-6-13-21/h3-4,9-10,15H,2,5-8,11-14H2,1H3,(H,19,22)/t15-/m0/s1. The summed E-state index contributed by atoms with van der Waals surface area (Å²) >= 11 is 0. The molecular weight excluding hydrogens is 274 g/mol. The predicted molar refractivity (Wildman–Crippen MR) is 90.5 cm³/mol. The van der Waals surface area contributed by atoms with Gasteiger partial charge in [-0.25, -0.2) is 0 Å². The maximum Gasteiger partial charge on any atom is 0.253 e. The van der Waals surface area contributed by atoms with E-state index in [2.05, 4.69) is 28.1 Å². The van der Waals surface area contributed by atoms with Crippen molar-refractivity contribution in [3.05, 3.63) is 29.8 Å². The van der Waals surface area contributed by atoms with Crippen molar-refractivity contribution >= 4 is 11.6 Å². The van der Waals surface area contributed by atoms with Crippen LogP contribution in [0.15, 0.2) is 24.3 Å². The van der Waals surface area contributed by atoms with Crippen LogP contribution in [0.3, 0.4) is 0 Å². The Morgan fingerprint density at radius 3 is 2.73 bits per heavy atom. The van der Waals surface area contributed by atoms with Gasteiger partial charge < -0.3 is 15.1 Å². The van der Waals surface area contributed by atoms with Crippen LogP contribution in [0.25, 0.3) is 0 Å². The summed E-state index contributed by atoms with van der Waals surface area (Å²) in [6, 6.07) is 8.33. The van der Waals surface area contributed by atoms with Gasteiger partial charge in [0.2, 0.25) is 0 Å². The van der Waals surface area contributed by atoms with Gasteiger partial charge in [0.1, 0.15) is 0 Å². The van der Waals surface area contributed by atoms with Crippen LogP contribution >= 0.6 is 0 Å². The highest BCUT2D eigenvalue weighted by atomic mass is 16.1. The number of hydrogen-bond acceptors (Lipinski definition) is 3. The Morgan fingerprint density at radius 2 is 1.95 bits per heavy atom. The zero-order chi connectivity index (χ0) is 15.4. The number of nitrogens with zero attached hydrogens (tertiary/aromatic N) is 2. The largest absolute Gasteiger partial charge is 0.371 e. The minimum Gasteiger partial charge on any atom is -0.371 e. The molecule has 0 spiro atoms. The lowest BCUT2D eigenvalue weighted by atomic mass is 10.0. The molecule has 0 aliphatic carbocycles. The predicted octanol–water partition coefficient (Wildman–Crippen LogP) is 2.50. The highest BCUT2D eigenvalue weighted by Gasteiger charge is 2.23. The van der Waals surface area contributed by atoms with Crippen molar-refractivity contribution in [2.24, 2.45) is 0 Å². The summed E-state index contributed by atoms with van der Waals surface area (Å²) in [7, 11) is 0. The molecule has 2 aliphatic heterocycles. The van der Waals surface area contributed by atoms with E-state index in [0.717, 1.165) is 50.4 Å². The van der Waals surface area contributed by atoms with Gasteiger partial charge in [0.05, 0.1) is 5.56 Å². The molecule has 3 rings (SSSR count). The summed E-state index contributed by atoms with van der Waals surface area (Å²) in [5.41, 5.74) is 1.93. The molecule has 4 nitrogen and oxygen atoms in total. The van der Waals surface area contributed by atoms with E-state index in [1.807, 2.05) is 18.2 Å². The lowest BCUT2D eigenvalue weighted by Crippen LogP contribution is -2.47. The van der Waals surface area contributed by atoms with Crippen molar-refractivity contribution in [1.29, 1.82) is 0 Å². The number of likely N-dealkylation sites (N-methyl/N-ethyl adjacent to an activating group) is 1. The van der Waals surface area contributed by atoms with E-state index in [1.54, 1.807) is 0 Å². The van der Waals surface area contributed by atoms with Crippen LogP contribution < -0.4 is 10.2 Å². The number of benzene rings is 1. The normalized spacial score (nSPS) is 22.8. The Hall–Kier alpha value is -1.55. The van der Waals surface area contributed by atoms with Crippen LogP contribution in [0.2, 0.25) is 0 Å². The minimum atomic E-state index is 0.0884. The van der Waals surface area contributed by atoms with Gasteiger partial charge in [0, 0.05) is 31.4 Å². The van der Waals surface area contributed by atoms with Crippen molar-refractivity contribution in [2.75, 3.05) is 37.6 Å². The summed E-state index contributed by atoms with van der Waals surface area (Å²) in [5.74, 6) is 0.0884. The smallest absolute Gasteiger partial charge is 0.253 e. The van der Waals surface area contributed by atoms with Gasteiger partial charge in [-0.15, -0.1) is 0 Å². The Kier molecular flexibility index (Phi) is 4.98. The first-order chi connectivity index (χ1) is 10.8. The third-order valence-electron chi connectivity index (χ3n) is 4.88. The topological polar surface area (TPSA) is 35.6 Å². The van der Waals surface area contributed by atoms with Crippen LogP contribution in [0.5, 0.6) is 0 Å². The fourth-order valence-corrected chi connectivity index (χ4v) is 3.62. The molecule has 2 fully saturated rings. The zero-order valence-electron chi connectivity index (χ0n) is 13.6. The average molecular weight is 301 g/mol. The maximum absolute atomic E-state index is 12.7. The van der Waals surface area contributed by atoms with Crippen molar-refractivity contribution in [1.82, 2.24) is 10.2 Å². The summed E-state index contributed by atoms with van der Waals surface area (Å²) < 4.78 is 0. The van der Waals surface area contributed by atoms with Crippen LogP contribution in [-0.2, 0) is 0 Å². The summed E-state index contributed by atoms with van der Waals surface area (Å²) in [6.07, 6.45) is 4.72. The molecule has 0 unspecified atom stereocenters. The third kappa shape index (κ3) is 3.43. The van der Waals surface area contributed by atoms with Crippen molar-refractivity contribution in [3.8, 4) is 0 Å². The number of carbonyl (C=O) groups excluding carboxylic acids is 1. The second-order valence-electron chi connectivity index (χ2n) is 6.42.